The highest BCUT2D eigenvalue weighted by Gasteiger charge is 2.33. The largest absolute Gasteiger partial charge is 0.494 e. The van der Waals surface area contributed by atoms with Crippen LogP contribution in [-0.4, -0.2) is 50.9 Å². The Labute approximate surface area is 252 Å². The zero-order chi connectivity index (χ0) is 30.9. The number of carbonyl (C=O) groups is 2. The lowest BCUT2D eigenvalue weighted by Crippen LogP contribution is -2.52. The van der Waals surface area contributed by atoms with E-state index in [2.05, 4.69) is 5.32 Å². The molecule has 0 unspecified atom stereocenters. The molecule has 226 valence electrons. The third-order valence-electron chi connectivity index (χ3n) is 6.45. The second-order valence-electron chi connectivity index (χ2n) is 10.1. The summed E-state index contributed by atoms with van der Waals surface area (Å²) in [5.74, 6) is -0.657. The fourth-order valence-corrected chi connectivity index (χ4v) is 5.81. The monoisotopic (exact) mass is 617 g/mol. The van der Waals surface area contributed by atoms with E-state index in [4.69, 9.17) is 16.3 Å². The van der Waals surface area contributed by atoms with Gasteiger partial charge in [0.05, 0.1) is 17.2 Å². The van der Waals surface area contributed by atoms with Crippen LogP contribution in [0.4, 0.5) is 10.1 Å². The van der Waals surface area contributed by atoms with E-state index in [0.29, 0.717) is 29.5 Å². The van der Waals surface area contributed by atoms with Crippen molar-refractivity contribution in [2.45, 2.75) is 51.6 Å². The van der Waals surface area contributed by atoms with Gasteiger partial charge in [-0.15, -0.1) is 0 Å². The van der Waals surface area contributed by atoms with Crippen molar-refractivity contribution in [2.24, 2.45) is 5.92 Å². The maximum absolute atomic E-state index is 14.1. The predicted molar refractivity (Wildman–Crippen MR) is 162 cm³/mol. The van der Waals surface area contributed by atoms with E-state index in [-0.39, 0.29) is 35.4 Å². The van der Waals surface area contributed by atoms with Gasteiger partial charge in [0.25, 0.3) is 10.0 Å². The van der Waals surface area contributed by atoms with E-state index in [0.717, 1.165) is 4.31 Å². The van der Waals surface area contributed by atoms with Crippen LogP contribution in [0.15, 0.2) is 77.7 Å². The number of halogens is 2. The maximum Gasteiger partial charge on any atom is 0.264 e. The number of carbonyl (C=O) groups excluding carboxylic acids is 2. The highest BCUT2D eigenvalue weighted by Crippen LogP contribution is 2.27. The van der Waals surface area contributed by atoms with Gasteiger partial charge >= 0.3 is 0 Å². The summed E-state index contributed by atoms with van der Waals surface area (Å²) >= 11 is 6.00. The third kappa shape index (κ3) is 8.69. The number of benzene rings is 3. The van der Waals surface area contributed by atoms with Crippen LogP contribution in [0, 0.1) is 11.7 Å². The lowest BCUT2D eigenvalue weighted by molar-refractivity contribution is -0.140. The molecule has 0 spiro atoms. The summed E-state index contributed by atoms with van der Waals surface area (Å²) in [5.41, 5.74) is 0.828. The molecule has 8 nitrogen and oxygen atoms in total. The standard InChI is InChI=1S/C31H37ClFN3O5S/c1-5-29(31(38)34-19-22(3)4)35(20-23-7-11-25(33)12-8-23)30(37)21-36(26-13-15-27(16-14-26)41-6-2)42(39,40)28-17-9-24(32)10-18-28/h7-18,22,29H,5-6,19-21H2,1-4H3,(H,34,38)/t29-/m1/s1. The predicted octanol–water partition coefficient (Wildman–Crippen LogP) is 5.65. The molecule has 1 atom stereocenters. The number of anilines is 1. The van der Waals surface area contributed by atoms with Crippen molar-refractivity contribution >= 4 is 39.1 Å². The molecular weight excluding hydrogens is 581 g/mol. The van der Waals surface area contributed by atoms with Crippen LogP contribution in [0.5, 0.6) is 5.75 Å². The van der Waals surface area contributed by atoms with Crippen molar-refractivity contribution in [3.8, 4) is 5.75 Å². The molecule has 0 radical (unpaired) electrons. The zero-order valence-corrected chi connectivity index (χ0v) is 25.8. The molecule has 0 bridgehead atoms. The molecule has 0 heterocycles. The minimum atomic E-state index is -4.24. The molecule has 1 N–H and O–H groups in total. The van der Waals surface area contributed by atoms with Crippen LogP contribution in [0.25, 0.3) is 0 Å². The maximum atomic E-state index is 14.1. The molecule has 0 aliphatic rings. The molecule has 3 rings (SSSR count). The fraction of sp³-hybridized carbons (Fsp3) is 0.355. The number of sulfonamides is 1. The van der Waals surface area contributed by atoms with E-state index < -0.39 is 34.3 Å². The first-order valence-corrected chi connectivity index (χ1v) is 15.6. The Morgan fingerprint density at radius 1 is 0.952 bits per heavy atom. The van der Waals surface area contributed by atoms with E-state index in [1.165, 1.54) is 53.4 Å². The van der Waals surface area contributed by atoms with Gasteiger partial charge in [0.2, 0.25) is 11.8 Å². The smallest absolute Gasteiger partial charge is 0.264 e. The Kier molecular flexibility index (Phi) is 11.8. The lowest BCUT2D eigenvalue weighted by Gasteiger charge is -2.33. The van der Waals surface area contributed by atoms with E-state index in [1.807, 2.05) is 20.8 Å². The SMILES string of the molecule is CCOc1ccc(N(CC(=O)N(Cc2ccc(F)cc2)[C@H](CC)C(=O)NCC(C)C)S(=O)(=O)c2ccc(Cl)cc2)cc1. The Bertz CT molecular complexity index is 1430. The van der Waals surface area contributed by atoms with Crippen molar-refractivity contribution in [3.05, 3.63) is 89.2 Å². The van der Waals surface area contributed by atoms with Gasteiger partial charge in [-0.3, -0.25) is 13.9 Å². The molecule has 0 aliphatic heterocycles. The molecular formula is C31H37ClFN3O5S. The number of nitrogens with one attached hydrogen (secondary N) is 1. The van der Waals surface area contributed by atoms with Crippen molar-refractivity contribution in [1.29, 1.82) is 0 Å². The molecule has 0 fully saturated rings. The second kappa shape index (κ2) is 15.0. The third-order valence-corrected chi connectivity index (χ3v) is 8.49. The Hall–Kier alpha value is -3.63. The van der Waals surface area contributed by atoms with E-state index >= 15 is 0 Å². The average molecular weight is 618 g/mol. The van der Waals surface area contributed by atoms with Gasteiger partial charge in [0, 0.05) is 18.1 Å². The van der Waals surface area contributed by atoms with Crippen LogP contribution < -0.4 is 14.4 Å². The summed E-state index contributed by atoms with van der Waals surface area (Å²) in [6, 6.07) is 16.7. The molecule has 3 aromatic rings. The number of nitrogens with zero attached hydrogens (tertiary/aromatic N) is 2. The van der Waals surface area contributed by atoms with Crippen molar-refractivity contribution in [1.82, 2.24) is 10.2 Å². The summed E-state index contributed by atoms with van der Waals surface area (Å²) in [5, 5.41) is 3.24. The number of amides is 2. The molecule has 0 aliphatic carbocycles. The Morgan fingerprint density at radius 3 is 2.12 bits per heavy atom. The van der Waals surface area contributed by atoms with E-state index in [1.54, 1.807) is 31.2 Å². The van der Waals surface area contributed by atoms with Crippen LogP contribution in [0.1, 0.15) is 39.7 Å². The first-order chi connectivity index (χ1) is 20.0. The van der Waals surface area contributed by atoms with Crippen LogP contribution in [-0.2, 0) is 26.2 Å². The second-order valence-corrected chi connectivity index (χ2v) is 12.4. The Morgan fingerprint density at radius 2 is 1.57 bits per heavy atom. The topological polar surface area (TPSA) is 96.0 Å². The summed E-state index contributed by atoms with van der Waals surface area (Å²) in [6.45, 7) is 7.76. The van der Waals surface area contributed by atoms with Crippen LogP contribution in [0.2, 0.25) is 5.02 Å². The van der Waals surface area contributed by atoms with Gasteiger partial charge in [0.15, 0.2) is 0 Å². The molecule has 0 saturated heterocycles. The summed E-state index contributed by atoms with van der Waals surface area (Å²) in [7, 11) is -4.24. The molecule has 11 heteroatoms. The molecule has 42 heavy (non-hydrogen) atoms. The van der Waals surface area contributed by atoms with Crippen molar-refractivity contribution < 1.29 is 27.1 Å². The van der Waals surface area contributed by atoms with E-state index in [9.17, 15) is 22.4 Å². The van der Waals surface area contributed by atoms with Gasteiger partial charge in [-0.1, -0.05) is 44.5 Å². The first kappa shape index (κ1) is 32.9. The lowest BCUT2D eigenvalue weighted by atomic mass is 10.1. The van der Waals surface area contributed by atoms with Gasteiger partial charge in [-0.25, -0.2) is 12.8 Å². The van der Waals surface area contributed by atoms with Crippen molar-refractivity contribution in [3.63, 3.8) is 0 Å². The molecule has 3 aromatic carbocycles. The van der Waals surface area contributed by atoms with Gasteiger partial charge in [0.1, 0.15) is 24.2 Å². The fourth-order valence-electron chi connectivity index (χ4n) is 4.27. The number of ether oxygens (including phenoxy) is 1. The van der Waals surface area contributed by atoms with Gasteiger partial charge < -0.3 is 15.0 Å². The van der Waals surface area contributed by atoms with Gasteiger partial charge in [-0.2, -0.15) is 0 Å². The minimum Gasteiger partial charge on any atom is -0.494 e. The highest BCUT2D eigenvalue weighted by molar-refractivity contribution is 7.92. The summed E-state index contributed by atoms with van der Waals surface area (Å²) in [4.78, 5) is 28.6. The molecule has 0 saturated carbocycles. The molecule has 0 aromatic heterocycles. The normalized spacial score (nSPS) is 12.1. The average Bonchev–Trinajstić information content (AvgIpc) is 2.96. The van der Waals surface area contributed by atoms with Gasteiger partial charge in [-0.05, 0) is 85.5 Å². The van der Waals surface area contributed by atoms with Crippen LogP contribution >= 0.6 is 11.6 Å². The first-order valence-electron chi connectivity index (χ1n) is 13.8. The Balaban J connectivity index is 2.04. The van der Waals surface area contributed by atoms with Crippen molar-refractivity contribution in [2.75, 3.05) is 24.0 Å². The van der Waals surface area contributed by atoms with Crippen LogP contribution in [0.3, 0.4) is 0 Å². The summed E-state index contributed by atoms with van der Waals surface area (Å²) in [6.07, 6.45) is 0.282. The minimum absolute atomic E-state index is 0.0230. The highest BCUT2D eigenvalue weighted by atomic mass is 35.5. The number of rotatable bonds is 14. The number of hydrogen-bond acceptors (Lipinski definition) is 5. The molecule has 2 amide bonds. The number of hydrogen-bond donors (Lipinski definition) is 1. The zero-order valence-electron chi connectivity index (χ0n) is 24.2. The summed E-state index contributed by atoms with van der Waals surface area (Å²) < 4.78 is 48.0. The quantitative estimate of drug-likeness (QED) is 0.252.